The van der Waals surface area contributed by atoms with Gasteiger partial charge >= 0.3 is 5.97 Å². The first-order valence-corrected chi connectivity index (χ1v) is 8.70. The Morgan fingerprint density at radius 3 is 2.26 bits per heavy atom. The summed E-state index contributed by atoms with van der Waals surface area (Å²) in [5.41, 5.74) is 0.581. The van der Waals surface area contributed by atoms with Gasteiger partial charge in [-0.15, -0.1) is 0 Å². The lowest BCUT2D eigenvalue weighted by Crippen LogP contribution is -2.54. The molecule has 2 fully saturated rings. The summed E-state index contributed by atoms with van der Waals surface area (Å²) >= 11 is 3.43. The molecule has 124 valence electrons. The Hall–Kier alpha value is -1.40. The van der Waals surface area contributed by atoms with Crippen LogP contribution in [0.3, 0.4) is 0 Å². The minimum Gasteiger partial charge on any atom is -0.481 e. The lowest BCUT2D eigenvalue weighted by Gasteiger charge is -2.41. The van der Waals surface area contributed by atoms with E-state index in [9.17, 15) is 9.59 Å². The molecule has 0 bridgehead atoms. The Kier molecular flexibility index (Phi) is 4.73. The SMILES string of the molecule is O=C(O)C1CCC1C(=O)NC1(c2ccc(Br)cc2)CCOCC1. The highest BCUT2D eigenvalue weighted by Gasteiger charge is 2.45. The average molecular weight is 382 g/mol. The molecule has 6 heteroatoms. The molecule has 1 heterocycles. The number of hydrogen-bond acceptors (Lipinski definition) is 3. The monoisotopic (exact) mass is 381 g/mol. The molecule has 1 amide bonds. The van der Waals surface area contributed by atoms with Crippen molar-refractivity contribution in [3.63, 3.8) is 0 Å². The Morgan fingerprint density at radius 2 is 1.74 bits per heavy atom. The van der Waals surface area contributed by atoms with E-state index in [1.165, 1.54) is 0 Å². The molecule has 1 aromatic rings. The zero-order chi connectivity index (χ0) is 16.4. The predicted molar refractivity (Wildman–Crippen MR) is 87.9 cm³/mol. The van der Waals surface area contributed by atoms with Crippen LogP contribution in [0.25, 0.3) is 0 Å². The van der Waals surface area contributed by atoms with Gasteiger partial charge in [0.1, 0.15) is 0 Å². The minimum absolute atomic E-state index is 0.145. The molecular formula is C17H20BrNO4. The van der Waals surface area contributed by atoms with E-state index in [-0.39, 0.29) is 5.91 Å². The summed E-state index contributed by atoms with van der Waals surface area (Å²) in [7, 11) is 0. The van der Waals surface area contributed by atoms with Gasteiger partial charge in [-0.3, -0.25) is 9.59 Å². The van der Waals surface area contributed by atoms with E-state index in [0.717, 1.165) is 10.0 Å². The van der Waals surface area contributed by atoms with E-state index < -0.39 is 23.3 Å². The first-order chi connectivity index (χ1) is 11.0. The molecule has 1 saturated carbocycles. The van der Waals surface area contributed by atoms with Crippen molar-refractivity contribution in [3.05, 3.63) is 34.3 Å². The fourth-order valence-electron chi connectivity index (χ4n) is 3.41. The smallest absolute Gasteiger partial charge is 0.307 e. The maximum Gasteiger partial charge on any atom is 0.307 e. The minimum atomic E-state index is -0.874. The summed E-state index contributed by atoms with van der Waals surface area (Å²) in [4.78, 5) is 23.8. The van der Waals surface area contributed by atoms with E-state index in [1.54, 1.807) is 0 Å². The van der Waals surface area contributed by atoms with Crippen LogP contribution in [0, 0.1) is 11.8 Å². The van der Waals surface area contributed by atoms with Crippen molar-refractivity contribution in [1.82, 2.24) is 5.32 Å². The highest BCUT2D eigenvalue weighted by Crippen LogP contribution is 2.38. The van der Waals surface area contributed by atoms with E-state index in [1.807, 2.05) is 24.3 Å². The summed E-state index contributed by atoms with van der Waals surface area (Å²) < 4.78 is 6.44. The number of carboxylic acid groups (broad SMARTS) is 1. The molecule has 1 aromatic carbocycles. The molecule has 0 aromatic heterocycles. The lowest BCUT2D eigenvalue weighted by molar-refractivity contribution is -0.153. The van der Waals surface area contributed by atoms with Crippen molar-refractivity contribution >= 4 is 27.8 Å². The van der Waals surface area contributed by atoms with Gasteiger partial charge in [-0.2, -0.15) is 0 Å². The molecular weight excluding hydrogens is 362 g/mol. The summed E-state index contributed by atoms with van der Waals surface area (Å²) in [6.45, 7) is 1.17. The number of hydrogen-bond donors (Lipinski definition) is 2. The van der Waals surface area contributed by atoms with Crippen LogP contribution in [-0.4, -0.2) is 30.2 Å². The Morgan fingerprint density at radius 1 is 1.13 bits per heavy atom. The van der Waals surface area contributed by atoms with Gasteiger partial charge in [-0.1, -0.05) is 28.1 Å². The van der Waals surface area contributed by atoms with Crippen LogP contribution in [-0.2, 0) is 19.9 Å². The number of carbonyl (C=O) groups excluding carboxylic acids is 1. The lowest BCUT2D eigenvalue weighted by atomic mass is 9.72. The van der Waals surface area contributed by atoms with E-state index in [4.69, 9.17) is 9.84 Å². The van der Waals surface area contributed by atoms with Crippen molar-refractivity contribution in [2.45, 2.75) is 31.2 Å². The number of ether oxygens (including phenoxy) is 1. The van der Waals surface area contributed by atoms with Gasteiger partial charge in [0.25, 0.3) is 0 Å². The molecule has 5 nitrogen and oxygen atoms in total. The molecule has 2 aliphatic rings. The zero-order valence-corrected chi connectivity index (χ0v) is 14.3. The van der Waals surface area contributed by atoms with Crippen LogP contribution in [0.2, 0.25) is 0 Å². The predicted octanol–water partition coefficient (Wildman–Crippen LogP) is 2.68. The van der Waals surface area contributed by atoms with Crippen LogP contribution in [0.1, 0.15) is 31.2 Å². The molecule has 1 aliphatic heterocycles. The van der Waals surface area contributed by atoms with E-state index >= 15 is 0 Å². The third-order valence-corrected chi connectivity index (χ3v) is 5.56. The number of amides is 1. The second kappa shape index (κ2) is 6.61. The number of aliphatic carboxylic acids is 1. The fraction of sp³-hybridized carbons (Fsp3) is 0.529. The second-order valence-corrected chi connectivity index (χ2v) is 7.23. The number of carbonyl (C=O) groups is 2. The van der Waals surface area contributed by atoms with Crippen molar-refractivity contribution in [2.75, 3.05) is 13.2 Å². The molecule has 1 saturated heterocycles. The fourth-order valence-corrected chi connectivity index (χ4v) is 3.68. The van der Waals surface area contributed by atoms with Crippen LogP contribution in [0.15, 0.2) is 28.7 Å². The first-order valence-electron chi connectivity index (χ1n) is 7.90. The summed E-state index contributed by atoms with van der Waals surface area (Å²) in [6.07, 6.45) is 2.63. The Bertz CT molecular complexity index is 595. The van der Waals surface area contributed by atoms with Gasteiger partial charge in [0, 0.05) is 17.7 Å². The third-order valence-electron chi connectivity index (χ3n) is 5.03. The molecule has 1 aliphatic carbocycles. The number of halogens is 1. The molecule has 2 N–H and O–H groups in total. The quantitative estimate of drug-likeness (QED) is 0.840. The molecule has 2 atom stereocenters. The number of nitrogens with one attached hydrogen (secondary N) is 1. The molecule has 2 unspecified atom stereocenters. The summed E-state index contributed by atoms with van der Waals surface area (Å²) in [5, 5.41) is 12.3. The molecule has 23 heavy (non-hydrogen) atoms. The summed E-state index contributed by atoms with van der Waals surface area (Å²) in [6, 6.07) is 7.93. The van der Waals surface area contributed by atoms with Crippen LogP contribution >= 0.6 is 15.9 Å². The van der Waals surface area contributed by atoms with Crippen LogP contribution < -0.4 is 5.32 Å². The van der Waals surface area contributed by atoms with Gasteiger partial charge in [-0.25, -0.2) is 0 Å². The van der Waals surface area contributed by atoms with E-state index in [2.05, 4.69) is 21.2 Å². The largest absolute Gasteiger partial charge is 0.481 e. The number of rotatable bonds is 4. The molecule has 0 radical (unpaired) electrons. The molecule has 3 rings (SSSR count). The van der Waals surface area contributed by atoms with Gasteiger partial charge in [-0.05, 0) is 43.4 Å². The number of benzene rings is 1. The third kappa shape index (κ3) is 3.28. The molecule has 0 spiro atoms. The van der Waals surface area contributed by atoms with Crippen LogP contribution in [0.5, 0.6) is 0 Å². The highest BCUT2D eigenvalue weighted by molar-refractivity contribution is 9.10. The van der Waals surface area contributed by atoms with Crippen molar-refractivity contribution < 1.29 is 19.4 Å². The maximum atomic E-state index is 12.6. The Balaban J connectivity index is 1.81. The summed E-state index contributed by atoms with van der Waals surface area (Å²) in [5.74, 6) is -1.98. The maximum absolute atomic E-state index is 12.6. The average Bonchev–Trinajstić information content (AvgIpc) is 2.46. The standard InChI is InChI=1S/C17H20BrNO4/c18-12-3-1-11(2-4-12)17(7-9-23-10-8-17)19-15(20)13-5-6-14(13)16(21)22/h1-4,13-14H,5-10H2,(H,19,20)(H,21,22). The van der Waals surface area contributed by atoms with E-state index in [0.29, 0.717) is 38.9 Å². The van der Waals surface area contributed by atoms with Gasteiger partial charge in [0.05, 0.1) is 17.4 Å². The Labute approximate surface area is 143 Å². The van der Waals surface area contributed by atoms with Crippen molar-refractivity contribution in [3.8, 4) is 0 Å². The van der Waals surface area contributed by atoms with Crippen molar-refractivity contribution in [1.29, 1.82) is 0 Å². The van der Waals surface area contributed by atoms with Crippen molar-refractivity contribution in [2.24, 2.45) is 11.8 Å². The normalized spacial score (nSPS) is 26.1. The zero-order valence-electron chi connectivity index (χ0n) is 12.8. The highest BCUT2D eigenvalue weighted by atomic mass is 79.9. The van der Waals surface area contributed by atoms with Gasteiger partial charge in [0.2, 0.25) is 5.91 Å². The van der Waals surface area contributed by atoms with Gasteiger partial charge < -0.3 is 15.2 Å². The number of carboxylic acids is 1. The topological polar surface area (TPSA) is 75.6 Å². The first kappa shape index (κ1) is 16.5. The van der Waals surface area contributed by atoms with Crippen LogP contribution in [0.4, 0.5) is 0 Å². The van der Waals surface area contributed by atoms with Gasteiger partial charge in [0.15, 0.2) is 0 Å². The second-order valence-electron chi connectivity index (χ2n) is 6.32.